The maximum Gasteiger partial charge on any atom is 0.312 e. The number of aromatic amines is 1. The second-order valence-electron chi connectivity index (χ2n) is 6.28. The maximum atomic E-state index is 12.0. The second kappa shape index (κ2) is 7.92. The number of fused-ring (bicyclic) bond motifs is 1. The van der Waals surface area contributed by atoms with Crippen LogP contribution in [0.5, 0.6) is 0 Å². The van der Waals surface area contributed by atoms with E-state index in [1.807, 2.05) is 0 Å². The van der Waals surface area contributed by atoms with E-state index in [1.54, 1.807) is 24.3 Å². The van der Waals surface area contributed by atoms with E-state index in [0.717, 1.165) is 25.7 Å². The van der Waals surface area contributed by atoms with Gasteiger partial charge in [0.05, 0.1) is 17.5 Å². The fourth-order valence-electron chi connectivity index (χ4n) is 3.16. The number of benzene rings is 1. The van der Waals surface area contributed by atoms with E-state index in [0.29, 0.717) is 16.5 Å². The van der Waals surface area contributed by atoms with Crippen LogP contribution in [0.25, 0.3) is 10.8 Å². The van der Waals surface area contributed by atoms with Crippen molar-refractivity contribution < 1.29 is 14.3 Å². The Hall–Kier alpha value is -2.70. The van der Waals surface area contributed by atoms with Gasteiger partial charge in [-0.3, -0.25) is 14.4 Å². The summed E-state index contributed by atoms with van der Waals surface area (Å²) in [6.45, 7) is -0.295. The monoisotopic (exact) mass is 343 g/mol. The molecule has 1 aromatic carbocycles. The largest absolute Gasteiger partial charge is 0.455 e. The molecular formula is C18H21N3O4. The Morgan fingerprint density at radius 1 is 1.16 bits per heavy atom. The van der Waals surface area contributed by atoms with Gasteiger partial charge < -0.3 is 10.1 Å². The molecule has 7 heteroatoms. The molecule has 2 aromatic rings. The summed E-state index contributed by atoms with van der Waals surface area (Å²) >= 11 is 0. The van der Waals surface area contributed by atoms with Gasteiger partial charge in [0.2, 0.25) is 0 Å². The van der Waals surface area contributed by atoms with Crippen molar-refractivity contribution in [3.8, 4) is 0 Å². The van der Waals surface area contributed by atoms with Gasteiger partial charge in [-0.1, -0.05) is 37.5 Å². The van der Waals surface area contributed by atoms with Gasteiger partial charge >= 0.3 is 5.97 Å². The lowest BCUT2D eigenvalue weighted by Crippen LogP contribution is -2.38. The molecule has 1 fully saturated rings. The molecule has 0 unspecified atom stereocenters. The van der Waals surface area contributed by atoms with Crippen LogP contribution in [0.1, 0.15) is 37.8 Å². The third-order valence-corrected chi connectivity index (χ3v) is 4.42. The van der Waals surface area contributed by atoms with Crippen molar-refractivity contribution in [3.05, 3.63) is 40.3 Å². The molecule has 7 nitrogen and oxygen atoms in total. The van der Waals surface area contributed by atoms with Crippen LogP contribution in [0.15, 0.2) is 29.1 Å². The minimum absolute atomic E-state index is 0.103. The summed E-state index contributed by atoms with van der Waals surface area (Å²) in [6, 6.07) is 7.11. The highest BCUT2D eigenvalue weighted by Gasteiger charge is 2.17. The molecule has 2 N–H and O–H groups in total. The first-order valence-electron chi connectivity index (χ1n) is 8.55. The van der Waals surface area contributed by atoms with E-state index in [2.05, 4.69) is 15.5 Å². The number of ether oxygens (including phenoxy) is 1. The average Bonchev–Trinajstić information content (AvgIpc) is 2.63. The third-order valence-electron chi connectivity index (χ3n) is 4.42. The van der Waals surface area contributed by atoms with Crippen LogP contribution < -0.4 is 10.9 Å². The van der Waals surface area contributed by atoms with Crippen molar-refractivity contribution in [2.45, 2.75) is 44.6 Å². The molecule has 0 atom stereocenters. The van der Waals surface area contributed by atoms with E-state index in [1.165, 1.54) is 6.42 Å². The van der Waals surface area contributed by atoms with Crippen molar-refractivity contribution in [1.29, 1.82) is 0 Å². The van der Waals surface area contributed by atoms with Crippen molar-refractivity contribution in [3.63, 3.8) is 0 Å². The fraction of sp³-hybridized carbons (Fsp3) is 0.444. The van der Waals surface area contributed by atoms with Crippen molar-refractivity contribution in [1.82, 2.24) is 15.5 Å². The molecule has 1 heterocycles. The Bertz CT molecular complexity index is 824. The van der Waals surface area contributed by atoms with Crippen molar-refractivity contribution in [2.75, 3.05) is 6.61 Å². The van der Waals surface area contributed by atoms with Gasteiger partial charge in [-0.05, 0) is 18.9 Å². The lowest BCUT2D eigenvalue weighted by atomic mass is 9.95. The molecule has 25 heavy (non-hydrogen) atoms. The number of rotatable bonds is 5. The highest BCUT2D eigenvalue weighted by Crippen LogP contribution is 2.17. The third kappa shape index (κ3) is 4.43. The molecule has 1 saturated carbocycles. The molecule has 0 aliphatic heterocycles. The minimum Gasteiger partial charge on any atom is -0.455 e. The molecule has 1 aromatic heterocycles. The van der Waals surface area contributed by atoms with E-state index in [9.17, 15) is 14.4 Å². The van der Waals surface area contributed by atoms with Gasteiger partial charge in [-0.15, -0.1) is 0 Å². The SMILES string of the molecule is O=C(COC(=O)Cc1n[nH]c(=O)c2ccccc12)NC1CCCCC1. The summed E-state index contributed by atoms with van der Waals surface area (Å²) in [5, 5.41) is 10.3. The average molecular weight is 343 g/mol. The summed E-state index contributed by atoms with van der Waals surface area (Å²) in [4.78, 5) is 35.6. The van der Waals surface area contributed by atoms with Crippen LogP contribution >= 0.6 is 0 Å². The first-order valence-corrected chi connectivity index (χ1v) is 8.55. The lowest BCUT2D eigenvalue weighted by Gasteiger charge is -2.22. The standard InChI is InChI=1S/C18H21N3O4/c22-16(19-12-6-2-1-3-7-12)11-25-17(23)10-15-13-8-4-5-9-14(13)18(24)21-20-15/h4-5,8-9,12H,1-3,6-7,10-11H2,(H,19,22)(H,21,24). The first-order chi connectivity index (χ1) is 12.1. The number of carbonyl (C=O) groups excluding carboxylic acids is 2. The molecule has 0 radical (unpaired) electrons. The van der Waals surface area contributed by atoms with E-state index >= 15 is 0 Å². The van der Waals surface area contributed by atoms with Crippen LogP contribution in [0.4, 0.5) is 0 Å². The molecule has 0 spiro atoms. The second-order valence-corrected chi connectivity index (χ2v) is 6.28. The van der Waals surface area contributed by atoms with Crippen LogP contribution in [0.3, 0.4) is 0 Å². The number of amides is 1. The van der Waals surface area contributed by atoms with Gasteiger partial charge in [0.15, 0.2) is 6.61 Å². The van der Waals surface area contributed by atoms with Gasteiger partial charge in [-0.2, -0.15) is 5.10 Å². The van der Waals surface area contributed by atoms with Gasteiger partial charge in [0.1, 0.15) is 0 Å². The number of carbonyl (C=O) groups is 2. The molecule has 0 bridgehead atoms. The number of H-pyrrole nitrogens is 1. The van der Waals surface area contributed by atoms with Crippen molar-refractivity contribution >= 4 is 22.6 Å². The zero-order chi connectivity index (χ0) is 17.6. The molecule has 132 valence electrons. The smallest absolute Gasteiger partial charge is 0.312 e. The topological polar surface area (TPSA) is 101 Å². The Balaban J connectivity index is 1.55. The summed E-state index contributed by atoms with van der Waals surface area (Å²) < 4.78 is 5.05. The van der Waals surface area contributed by atoms with E-state index in [4.69, 9.17) is 4.74 Å². The minimum atomic E-state index is -0.552. The van der Waals surface area contributed by atoms with E-state index < -0.39 is 5.97 Å². The van der Waals surface area contributed by atoms with Crippen molar-refractivity contribution in [2.24, 2.45) is 0 Å². The molecule has 1 aliphatic rings. The predicted molar refractivity (Wildman–Crippen MR) is 92.0 cm³/mol. The summed E-state index contributed by atoms with van der Waals surface area (Å²) in [7, 11) is 0. The summed E-state index contributed by atoms with van der Waals surface area (Å²) in [6.07, 6.45) is 5.31. The highest BCUT2D eigenvalue weighted by molar-refractivity contribution is 5.87. The summed E-state index contributed by atoms with van der Waals surface area (Å²) in [5.41, 5.74) is 0.118. The van der Waals surface area contributed by atoms with Crippen LogP contribution in [0.2, 0.25) is 0 Å². The zero-order valence-corrected chi connectivity index (χ0v) is 13.9. The Labute approximate surface area is 144 Å². The molecular weight excluding hydrogens is 322 g/mol. The number of hydrogen-bond acceptors (Lipinski definition) is 5. The summed E-state index contributed by atoms with van der Waals surface area (Å²) in [5.74, 6) is -0.831. The Morgan fingerprint density at radius 3 is 2.64 bits per heavy atom. The number of esters is 1. The predicted octanol–water partition coefficient (Wildman–Crippen LogP) is 1.46. The number of nitrogens with zero attached hydrogens (tertiary/aromatic N) is 1. The van der Waals surface area contributed by atoms with Crippen LogP contribution in [-0.4, -0.2) is 34.7 Å². The first kappa shape index (κ1) is 17.1. The fourth-order valence-corrected chi connectivity index (χ4v) is 3.16. The maximum absolute atomic E-state index is 12.0. The molecule has 1 amide bonds. The molecule has 0 saturated heterocycles. The van der Waals surface area contributed by atoms with Gasteiger partial charge in [0, 0.05) is 11.4 Å². The van der Waals surface area contributed by atoms with Crippen LogP contribution in [-0.2, 0) is 20.7 Å². The number of hydrogen-bond donors (Lipinski definition) is 2. The van der Waals surface area contributed by atoms with Gasteiger partial charge in [-0.25, -0.2) is 5.10 Å². The Morgan fingerprint density at radius 2 is 1.88 bits per heavy atom. The van der Waals surface area contributed by atoms with Crippen LogP contribution in [0, 0.1) is 0 Å². The normalized spacial score (nSPS) is 15.0. The molecule has 1 aliphatic carbocycles. The number of nitrogens with one attached hydrogen (secondary N) is 2. The molecule has 3 rings (SSSR count). The highest BCUT2D eigenvalue weighted by atomic mass is 16.5. The van der Waals surface area contributed by atoms with E-state index in [-0.39, 0.29) is 30.5 Å². The van der Waals surface area contributed by atoms with Gasteiger partial charge in [0.25, 0.3) is 11.5 Å². The lowest BCUT2D eigenvalue weighted by molar-refractivity contribution is -0.148. The zero-order valence-electron chi connectivity index (χ0n) is 13.9. The number of aromatic nitrogens is 2. The quantitative estimate of drug-likeness (QED) is 0.800. The Kier molecular flexibility index (Phi) is 5.42.